The molecule has 110 valence electrons. The Labute approximate surface area is 121 Å². The largest absolute Gasteiger partial charge is 0.457 e. The van der Waals surface area contributed by atoms with Crippen LogP contribution in [0.5, 0.6) is 0 Å². The molecule has 0 fully saturated rings. The molecule has 0 saturated carbocycles. The molecule has 1 aliphatic heterocycles. The zero-order valence-electron chi connectivity index (χ0n) is 11.8. The topological polar surface area (TPSA) is 72.9 Å². The molecule has 0 atom stereocenters. The van der Waals surface area contributed by atoms with Gasteiger partial charge in [-0.15, -0.1) is 0 Å². The van der Waals surface area contributed by atoms with E-state index >= 15 is 0 Å². The molecule has 1 amide bonds. The number of likely N-dealkylation sites (N-methyl/N-ethyl adjacent to an activating group) is 1. The van der Waals surface area contributed by atoms with E-state index < -0.39 is 17.8 Å². The van der Waals surface area contributed by atoms with E-state index in [2.05, 4.69) is 0 Å². The van der Waals surface area contributed by atoms with Crippen molar-refractivity contribution in [2.45, 2.75) is 13.5 Å². The maximum Gasteiger partial charge on any atom is 0.340 e. The normalized spacial score (nSPS) is 14.4. The fraction of sp³-hybridized carbons (Fsp3) is 0.267. The molecule has 1 heterocycles. The Morgan fingerprint density at radius 3 is 2.52 bits per heavy atom. The lowest BCUT2D eigenvalue weighted by Crippen LogP contribution is -2.23. The molecule has 0 aromatic heterocycles. The molecule has 1 aromatic rings. The number of nitrogens with zero attached hydrogens (tertiary/aromatic N) is 1. The van der Waals surface area contributed by atoms with Crippen molar-refractivity contribution in [3.8, 4) is 0 Å². The van der Waals surface area contributed by atoms with Gasteiger partial charge in [0.2, 0.25) is 5.76 Å². The lowest BCUT2D eigenvalue weighted by Gasteiger charge is -2.07. The second kappa shape index (κ2) is 6.21. The second-order valence-electron chi connectivity index (χ2n) is 4.62. The van der Waals surface area contributed by atoms with Crippen LogP contribution < -0.4 is 0 Å². The number of esters is 2. The van der Waals surface area contributed by atoms with Gasteiger partial charge >= 0.3 is 11.9 Å². The van der Waals surface area contributed by atoms with E-state index in [1.54, 1.807) is 0 Å². The highest BCUT2D eigenvalue weighted by atomic mass is 16.6. The summed E-state index contributed by atoms with van der Waals surface area (Å²) in [5.41, 5.74) is 0.895. The van der Waals surface area contributed by atoms with Gasteiger partial charge in [0.1, 0.15) is 12.2 Å². The van der Waals surface area contributed by atoms with Crippen LogP contribution in [0.15, 0.2) is 41.7 Å². The van der Waals surface area contributed by atoms with Gasteiger partial charge in [0, 0.05) is 14.0 Å². The molecular formula is C15H15NO5. The summed E-state index contributed by atoms with van der Waals surface area (Å²) in [6.07, 6.45) is 0. The zero-order valence-corrected chi connectivity index (χ0v) is 11.8. The van der Waals surface area contributed by atoms with Crippen LogP contribution in [0.4, 0.5) is 0 Å². The summed E-state index contributed by atoms with van der Waals surface area (Å²) in [4.78, 5) is 36.2. The van der Waals surface area contributed by atoms with E-state index in [4.69, 9.17) is 9.47 Å². The average Bonchev–Trinajstić information content (AvgIpc) is 2.74. The van der Waals surface area contributed by atoms with Crippen molar-refractivity contribution in [1.29, 1.82) is 0 Å². The number of ether oxygens (including phenoxy) is 2. The average molecular weight is 289 g/mol. The van der Waals surface area contributed by atoms with Crippen molar-refractivity contribution < 1.29 is 23.9 Å². The molecule has 6 nitrogen and oxygen atoms in total. The van der Waals surface area contributed by atoms with E-state index in [1.165, 1.54) is 18.9 Å². The van der Waals surface area contributed by atoms with Crippen LogP contribution in [-0.4, -0.2) is 36.3 Å². The lowest BCUT2D eigenvalue weighted by atomic mass is 10.2. The SMILES string of the molecule is CC(=O)OC1=C(C(=O)OCc2ccccc2)CN(C)C1=O. The predicted molar refractivity (Wildman–Crippen MR) is 72.7 cm³/mol. The quantitative estimate of drug-likeness (QED) is 0.774. The Balaban J connectivity index is 2.10. The maximum atomic E-state index is 12.1. The minimum absolute atomic E-state index is 0.0635. The first-order chi connectivity index (χ1) is 9.99. The molecular weight excluding hydrogens is 274 g/mol. The second-order valence-corrected chi connectivity index (χ2v) is 4.62. The van der Waals surface area contributed by atoms with Crippen LogP contribution in [-0.2, 0) is 30.5 Å². The predicted octanol–water partition coefficient (Wildman–Crippen LogP) is 1.02. The number of carbonyl (C=O) groups excluding carboxylic acids is 3. The molecule has 0 unspecified atom stereocenters. The van der Waals surface area contributed by atoms with Gasteiger partial charge in [-0.1, -0.05) is 30.3 Å². The standard InChI is InChI=1S/C15H15NO5/c1-10(17)21-13-12(8-16(2)14(13)18)15(19)20-9-11-6-4-3-5-7-11/h3-7H,8-9H2,1-2H3. The molecule has 1 aromatic carbocycles. The molecule has 0 radical (unpaired) electrons. The van der Waals surface area contributed by atoms with Gasteiger partial charge in [-0.25, -0.2) is 4.79 Å². The van der Waals surface area contributed by atoms with Crippen LogP contribution in [0.25, 0.3) is 0 Å². The van der Waals surface area contributed by atoms with E-state index in [-0.39, 0.29) is 24.5 Å². The molecule has 0 saturated heterocycles. The summed E-state index contributed by atoms with van der Waals surface area (Å²) >= 11 is 0. The molecule has 0 aliphatic carbocycles. The Morgan fingerprint density at radius 2 is 1.90 bits per heavy atom. The number of carbonyl (C=O) groups is 3. The molecule has 21 heavy (non-hydrogen) atoms. The highest BCUT2D eigenvalue weighted by Crippen LogP contribution is 2.20. The Kier molecular flexibility index (Phi) is 4.37. The fourth-order valence-corrected chi connectivity index (χ4v) is 1.90. The smallest absolute Gasteiger partial charge is 0.340 e. The summed E-state index contributed by atoms with van der Waals surface area (Å²) in [7, 11) is 1.52. The van der Waals surface area contributed by atoms with Gasteiger partial charge in [0.15, 0.2) is 0 Å². The van der Waals surface area contributed by atoms with Crippen molar-refractivity contribution >= 4 is 17.8 Å². The summed E-state index contributed by atoms with van der Waals surface area (Å²) in [6.45, 7) is 1.33. The minimum Gasteiger partial charge on any atom is -0.457 e. The fourth-order valence-electron chi connectivity index (χ4n) is 1.90. The van der Waals surface area contributed by atoms with E-state index in [0.717, 1.165) is 5.56 Å². The van der Waals surface area contributed by atoms with Crippen molar-refractivity contribution in [3.63, 3.8) is 0 Å². The number of benzene rings is 1. The van der Waals surface area contributed by atoms with Crippen LogP contribution in [0.3, 0.4) is 0 Å². The van der Waals surface area contributed by atoms with Crippen LogP contribution >= 0.6 is 0 Å². The molecule has 1 aliphatic rings. The summed E-state index contributed by atoms with van der Waals surface area (Å²) < 4.78 is 9.98. The van der Waals surface area contributed by atoms with Crippen molar-refractivity contribution in [3.05, 3.63) is 47.2 Å². The molecule has 0 bridgehead atoms. The van der Waals surface area contributed by atoms with Gasteiger partial charge in [0.25, 0.3) is 5.91 Å². The minimum atomic E-state index is -0.659. The monoisotopic (exact) mass is 289 g/mol. The molecule has 2 rings (SSSR count). The van der Waals surface area contributed by atoms with Crippen molar-refractivity contribution in [2.75, 3.05) is 13.6 Å². The third kappa shape index (κ3) is 3.47. The highest BCUT2D eigenvalue weighted by Gasteiger charge is 2.35. The summed E-state index contributed by atoms with van der Waals surface area (Å²) in [6, 6.07) is 9.16. The lowest BCUT2D eigenvalue weighted by molar-refractivity contribution is -0.143. The van der Waals surface area contributed by atoms with Gasteiger partial charge < -0.3 is 14.4 Å². The Morgan fingerprint density at radius 1 is 1.24 bits per heavy atom. The number of rotatable bonds is 4. The molecule has 0 N–H and O–H groups in total. The molecule has 0 spiro atoms. The van der Waals surface area contributed by atoms with Crippen molar-refractivity contribution in [2.24, 2.45) is 0 Å². The van der Waals surface area contributed by atoms with E-state index in [0.29, 0.717) is 0 Å². The number of hydrogen-bond donors (Lipinski definition) is 0. The van der Waals surface area contributed by atoms with Gasteiger partial charge in [-0.05, 0) is 5.56 Å². The zero-order chi connectivity index (χ0) is 15.4. The van der Waals surface area contributed by atoms with Crippen LogP contribution in [0.1, 0.15) is 12.5 Å². The number of hydrogen-bond acceptors (Lipinski definition) is 5. The van der Waals surface area contributed by atoms with Crippen molar-refractivity contribution in [1.82, 2.24) is 4.90 Å². The first-order valence-electron chi connectivity index (χ1n) is 6.37. The first kappa shape index (κ1) is 14.8. The summed E-state index contributed by atoms with van der Waals surface area (Å²) in [5, 5.41) is 0. The van der Waals surface area contributed by atoms with E-state index in [9.17, 15) is 14.4 Å². The van der Waals surface area contributed by atoms with E-state index in [1.807, 2.05) is 30.3 Å². The van der Waals surface area contributed by atoms with Crippen LogP contribution in [0, 0.1) is 0 Å². The number of amides is 1. The van der Waals surface area contributed by atoms with Gasteiger partial charge in [0.05, 0.1) is 6.54 Å². The maximum absolute atomic E-state index is 12.1. The van der Waals surface area contributed by atoms with Crippen LogP contribution in [0.2, 0.25) is 0 Å². The third-order valence-electron chi connectivity index (χ3n) is 2.92. The van der Waals surface area contributed by atoms with Gasteiger partial charge in [-0.3, -0.25) is 9.59 Å². The molecule has 6 heteroatoms. The highest BCUT2D eigenvalue weighted by molar-refractivity contribution is 6.06. The Hall–Kier alpha value is -2.63. The Bertz CT molecular complexity index is 606. The summed E-state index contributed by atoms with van der Waals surface area (Å²) in [5.74, 6) is -2.06. The first-order valence-corrected chi connectivity index (χ1v) is 6.37. The van der Waals surface area contributed by atoms with Gasteiger partial charge in [-0.2, -0.15) is 0 Å². The third-order valence-corrected chi connectivity index (χ3v) is 2.92.